The molecular formula is C14H22N2O. The van der Waals surface area contributed by atoms with Gasteiger partial charge in [0.15, 0.2) is 0 Å². The van der Waals surface area contributed by atoms with Crippen molar-refractivity contribution in [2.45, 2.75) is 45.2 Å². The van der Waals surface area contributed by atoms with Gasteiger partial charge in [0.2, 0.25) is 0 Å². The summed E-state index contributed by atoms with van der Waals surface area (Å²) in [5.41, 5.74) is 2.28. The fourth-order valence-corrected chi connectivity index (χ4v) is 2.43. The van der Waals surface area contributed by atoms with Crippen LogP contribution in [-0.4, -0.2) is 34.2 Å². The molecule has 0 radical (unpaired) electrons. The SMILES string of the molecule is CC(C)c1cccc(CN2CCCC2CO)n1. The molecule has 0 spiro atoms. The second-order valence-electron chi connectivity index (χ2n) is 5.16. The maximum atomic E-state index is 9.30. The molecule has 17 heavy (non-hydrogen) atoms. The lowest BCUT2D eigenvalue weighted by atomic mass is 10.1. The Hall–Kier alpha value is -0.930. The summed E-state index contributed by atoms with van der Waals surface area (Å²) in [5.74, 6) is 0.474. The van der Waals surface area contributed by atoms with E-state index in [0.29, 0.717) is 12.0 Å². The molecule has 1 aliphatic heterocycles. The van der Waals surface area contributed by atoms with Crippen molar-refractivity contribution >= 4 is 0 Å². The van der Waals surface area contributed by atoms with Gasteiger partial charge in [-0.2, -0.15) is 0 Å². The van der Waals surface area contributed by atoms with Crippen LogP contribution in [0.15, 0.2) is 18.2 Å². The minimum absolute atomic E-state index is 0.268. The molecule has 1 saturated heterocycles. The molecule has 0 bridgehead atoms. The molecule has 0 aromatic carbocycles. The first-order valence-electron chi connectivity index (χ1n) is 6.51. The molecule has 1 N–H and O–H groups in total. The summed E-state index contributed by atoms with van der Waals surface area (Å²) in [6, 6.07) is 6.58. The standard InChI is InChI=1S/C14H22N2O/c1-11(2)14-7-3-5-12(15-14)9-16-8-4-6-13(16)10-17/h3,5,7,11,13,17H,4,6,8-10H2,1-2H3. The average Bonchev–Trinajstić information content (AvgIpc) is 2.76. The molecule has 1 aromatic heterocycles. The van der Waals surface area contributed by atoms with Crippen LogP contribution in [0.25, 0.3) is 0 Å². The van der Waals surface area contributed by atoms with Crippen LogP contribution < -0.4 is 0 Å². The van der Waals surface area contributed by atoms with Gasteiger partial charge in [0.05, 0.1) is 12.3 Å². The normalized spacial score (nSPS) is 21.3. The highest BCUT2D eigenvalue weighted by Gasteiger charge is 2.23. The van der Waals surface area contributed by atoms with Gasteiger partial charge in [-0.05, 0) is 37.4 Å². The van der Waals surface area contributed by atoms with E-state index in [4.69, 9.17) is 0 Å². The maximum absolute atomic E-state index is 9.30. The van der Waals surface area contributed by atoms with Crippen molar-refractivity contribution in [1.82, 2.24) is 9.88 Å². The van der Waals surface area contributed by atoms with Gasteiger partial charge >= 0.3 is 0 Å². The summed E-state index contributed by atoms with van der Waals surface area (Å²) < 4.78 is 0. The van der Waals surface area contributed by atoms with Crippen LogP contribution in [0, 0.1) is 0 Å². The van der Waals surface area contributed by atoms with Gasteiger partial charge in [-0.25, -0.2) is 0 Å². The fraction of sp³-hybridized carbons (Fsp3) is 0.643. The predicted octanol–water partition coefficient (Wildman–Crippen LogP) is 2.16. The molecule has 1 aliphatic rings. The maximum Gasteiger partial charge on any atom is 0.0587 e. The second-order valence-corrected chi connectivity index (χ2v) is 5.16. The Labute approximate surface area is 103 Å². The Morgan fingerprint density at radius 3 is 3.00 bits per heavy atom. The molecule has 3 heteroatoms. The Kier molecular flexibility index (Phi) is 4.13. The van der Waals surface area contributed by atoms with E-state index in [9.17, 15) is 5.11 Å². The number of aromatic nitrogens is 1. The lowest BCUT2D eigenvalue weighted by Gasteiger charge is -2.22. The molecule has 1 atom stereocenters. The van der Waals surface area contributed by atoms with E-state index in [-0.39, 0.29) is 6.61 Å². The van der Waals surface area contributed by atoms with Crippen LogP contribution in [0.3, 0.4) is 0 Å². The van der Waals surface area contributed by atoms with Gasteiger partial charge in [-0.15, -0.1) is 0 Å². The summed E-state index contributed by atoms with van der Waals surface area (Å²) in [6.45, 7) is 6.55. The molecule has 0 amide bonds. The van der Waals surface area contributed by atoms with Gasteiger partial charge in [-0.3, -0.25) is 9.88 Å². The predicted molar refractivity (Wildman–Crippen MR) is 68.8 cm³/mol. The lowest BCUT2D eigenvalue weighted by molar-refractivity contribution is 0.152. The Balaban J connectivity index is 2.05. The van der Waals surface area contributed by atoms with Crippen LogP contribution in [0.2, 0.25) is 0 Å². The molecule has 1 aromatic rings. The Morgan fingerprint density at radius 2 is 2.29 bits per heavy atom. The van der Waals surface area contributed by atoms with Crippen LogP contribution in [0.4, 0.5) is 0 Å². The highest BCUT2D eigenvalue weighted by Crippen LogP contribution is 2.19. The van der Waals surface area contributed by atoms with E-state index in [1.54, 1.807) is 0 Å². The van der Waals surface area contributed by atoms with Crippen molar-refractivity contribution in [3.8, 4) is 0 Å². The number of rotatable bonds is 4. The molecule has 2 heterocycles. The number of aliphatic hydroxyl groups is 1. The van der Waals surface area contributed by atoms with Crippen molar-refractivity contribution in [3.63, 3.8) is 0 Å². The summed E-state index contributed by atoms with van der Waals surface area (Å²) >= 11 is 0. The summed E-state index contributed by atoms with van der Waals surface area (Å²) in [7, 11) is 0. The summed E-state index contributed by atoms with van der Waals surface area (Å²) in [4.78, 5) is 7.02. The van der Waals surface area contributed by atoms with Crippen LogP contribution in [-0.2, 0) is 6.54 Å². The molecule has 1 unspecified atom stereocenters. The Bertz CT molecular complexity index is 365. The molecule has 1 fully saturated rings. The smallest absolute Gasteiger partial charge is 0.0587 e. The quantitative estimate of drug-likeness (QED) is 0.867. The number of hydrogen-bond donors (Lipinski definition) is 1. The van der Waals surface area contributed by atoms with Crippen molar-refractivity contribution < 1.29 is 5.11 Å². The van der Waals surface area contributed by atoms with E-state index in [0.717, 1.165) is 30.9 Å². The minimum atomic E-state index is 0.268. The Morgan fingerprint density at radius 1 is 1.47 bits per heavy atom. The van der Waals surface area contributed by atoms with Gasteiger partial charge < -0.3 is 5.11 Å². The highest BCUT2D eigenvalue weighted by atomic mass is 16.3. The van der Waals surface area contributed by atoms with Crippen molar-refractivity contribution in [2.24, 2.45) is 0 Å². The first-order chi connectivity index (χ1) is 8.20. The first-order valence-corrected chi connectivity index (χ1v) is 6.51. The monoisotopic (exact) mass is 234 g/mol. The molecular weight excluding hydrogens is 212 g/mol. The van der Waals surface area contributed by atoms with Crippen molar-refractivity contribution in [3.05, 3.63) is 29.6 Å². The number of hydrogen-bond acceptors (Lipinski definition) is 3. The number of likely N-dealkylation sites (tertiary alicyclic amines) is 1. The minimum Gasteiger partial charge on any atom is -0.395 e. The van der Waals surface area contributed by atoms with Crippen molar-refractivity contribution in [1.29, 1.82) is 0 Å². The van der Waals surface area contributed by atoms with Gasteiger partial charge in [0.25, 0.3) is 0 Å². The number of nitrogens with zero attached hydrogens (tertiary/aromatic N) is 2. The fourth-order valence-electron chi connectivity index (χ4n) is 2.43. The molecule has 3 nitrogen and oxygen atoms in total. The lowest BCUT2D eigenvalue weighted by Crippen LogP contribution is -2.31. The third-order valence-corrected chi connectivity index (χ3v) is 3.49. The van der Waals surface area contributed by atoms with E-state index in [2.05, 4.69) is 41.9 Å². The van der Waals surface area contributed by atoms with Gasteiger partial charge in [0, 0.05) is 18.3 Å². The molecule has 0 saturated carbocycles. The van der Waals surface area contributed by atoms with Crippen LogP contribution in [0.1, 0.15) is 44.0 Å². The highest BCUT2D eigenvalue weighted by molar-refractivity contribution is 5.14. The van der Waals surface area contributed by atoms with Gasteiger partial charge in [-0.1, -0.05) is 19.9 Å². The van der Waals surface area contributed by atoms with E-state index < -0.39 is 0 Å². The number of pyridine rings is 1. The van der Waals surface area contributed by atoms with E-state index >= 15 is 0 Å². The van der Waals surface area contributed by atoms with Crippen LogP contribution >= 0.6 is 0 Å². The topological polar surface area (TPSA) is 36.4 Å². The third kappa shape index (κ3) is 3.05. The average molecular weight is 234 g/mol. The molecule has 94 valence electrons. The van der Waals surface area contributed by atoms with Gasteiger partial charge in [0.1, 0.15) is 0 Å². The third-order valence-electron chi connectivity index (χ3n) is 3.49. The first kappa shape index (κ1) is 12.5. The summed E-state index contributed by atoms with van der Waals surface area (Å²) in [6.07, 6.45) is 2.30. The van der Waals surface area contributed by atoms with E-state index in [1.165, 1.54) is 6.42 Å². The second kappa shape index (κ2) is 5.61. The largest absolute Gasteiger partial charge is 0.395 e. The summed E-state index contributed by atoms with van der Waals surface area (Å²) in [5, 5.41) is 9.30. The number of aliphatic hydroxyl groups excluding tert-OH is 1. The zero-order valence-electron chi connectivity index (χ0n) is 10.8. The van der Waals surface area contributed by atoms with Crippen molar-refractivity contribution in [2.75, 3.05) is 13.2 Å². The van der Waals surface area contributed by atoms with Crippen LogP contribution in [0.5, 0.6) is 0 Å². The molecule has 2 rings (SSSR count). The zero-order valence-corrected chi connectivity index (χ0v) is 10.8. The molecule has 0 aliphatic carbocycles. The van der Waals surface area contributed by atoms with E-state index in [1.807, 2.05) is 0 Å². The zero-order chi connectivity index (χ0) is 12.3.